The number of para-hydroxylation sites is 1. The number of amides is 2. The van der Waals surface area contributed by atoms with Crippen molar-refractivity contribution in [3.05, 3.63) is 64.1 Å². The quantitative estimate of drug-likeness (QED) is 0.739. The highest BCUT2D eigenvalue weighted by Gasteiger charge is 2.33. The highest BCUT2D eigenvalue weighted by molar-refractivity contribution is 9.10. The summed E-state index contributed by atoms with van der Waals surface area (Å²) in [6.45, 7) is 1.78. The molecule has 1 aliphatic rings. The third-order valence-electron chi connectivity index (χ3n) is 4.60. The summed E-state index contributed by atoms with van der Waals surface area (Å²) < 4.78 is 39.9. The lowest BCUT2D eigenvalue weighted by atomic mass is 10.1. The number of carbonyl (C=O) groups is 2. The molecule has 3 rings (SSSR count). The summed E-state index contributed by atoms with van der Waals surface area (Å²) in [5, 5.41) is 2.34. The summed E-state index contributed by atoms with van der Waals surface area (Å²) in [7, 11) is 0. The molecule has 0 radical (unpaired) electrons. The molecule has 0 spiro atoms. The number of carbonyl (C=O) groups excluding carboxylic acids is 2. The molecule has 29 heavy (non-hydrogen) atoms. The third-order valence-corrected chi connectivity index (χ3v) is 5.10. The third kappa shape index (κ3) is 5.57. The second-order valence-electron chi connectivity index (χ2n) is 6.67. The SMILES string of the molecule is O=C(CN1CCN(C(=O)c2cccc(Br)c2)CC1)Nc1ccccc1C(F)(F)F. The van der Waals surface area contributed by atoms with Crippen LogP contribution in [0.4, 0.5) is 18.9 Å². The smallest absolute Gasteiger partial charge is 0.336 e. The van der Waals surface area contributed by atoms with Crippen LogP contribution < -0.4 is 5.32 Å². The molecule has 2 amide bonds. The Morgan fingerprint density at radius 1 is 1.00 bits per heavy atom. The number of benzene rings is 2. The van der Waals surface area contributed by atoms with Gasteiger partial charge in [-0.2, -0.15) is 13.2 Å². The van der Waals surface area contributed by atoms with E-state index in [1.807, 2.05) is 11.0 Å². The van der Waals surface area contributed by atoms with Gasteiger partial charge in [0, 0.05) is 36.2 Å². The number of hydrogen-bond donors (Lipinski definition) is 1. The Morgan fingerprint density at radius 2 is 1.69 bits per heavy atom. The minimum absolute atomic E-state index is 0.0366. The summed E-state index contributed by atoms with van der Waals surface area (Å²) in [5.41, 5.74) is -0.555. The van der Waals surface area contributed by atoms with Crippen LogP contribution in [0.1, 0.15) is 15.9 Å². The minimum Gasteiger partial charge on any atom is -0.336 e. The second-order valence-corrected chi connectivity index (χ2v) is 7.59. The van der Waals surface area contributed by atoms with Gasteiger partial charge >= 0.3 is 6.18 Å². The molecule has 1 saturated heterocycles. The van der Waals surface area contributed by atoms with Crippen molar-refractivity contribution < 1.29 is 22.8 Å². The second kappa shape index (κ2) is 8.96. The molecular weight excluding hydrogens is 451 g/mol. The number of piperazine rings is 1. The summed E-state index contributed by atoms with van der Waals surface area (Å²) in [6, 6.07) is 12.0. The first-order valence-corrected chi connectivity index (χ1v) is 9.76. The van der Waals surface area contributed by atoms with Gasteiger partial charge in [-0.05, 0) is 30.3 Å². The van der Waals surface area contributed by atoms with Gasteiger partial charge < -0.3 is 10.2 Å². The minimum atomic E-state index is -4.54. The van der Waals surface area contributed by atoms with Gasteiger partial charge in [-0.3, -0.25) is 14.5 Å². The van der Waals surface area contributed by atoms with Gasteiger partial charge in [-0.1, -0.05) is 34.1 Å². The maximum atomic E-state index is 13.0. The Morgan fingerprint density at radius 3 is 2.34 bits per heavy atom. The first kappa shape index (κ1) is 21.3. The highest BCUT2D eigenvalue weighted by Crippen LogP contribution is 2.34. The van der Waals surface area contributed by atoms with Crippen LogP contribution in [-0.4, -0.2) is 54.3 Å². The van der Waals surface area contributed by atoms with Crippen molar-refractivity contribution in [3.63, 3.8) is 0 Å². The molecule has 0 aromatic heterocycles. The van der Waals surface area contributed by atoms with Crippen molar-refractivity contribution in [1.29, 1.82) is 0 Å². The zero-order valence-corrected chi connectivity index (χ0v) is 17.0. The fourth-order valence-corrected chi connectivity index (χ4v) is 3.54. The van der Waals surface area contributed by atoms with Crippen molar-refractivity contribution >= 4 is 33.4 Å². The van der Waals surface area contributed by atoms with Gasteiger partial charge in [0.05, 0.1) is 17.8 Å². The van der Waals surface area contributed by atoms with Crippen LogP contribution >= 0.6 is 15.9 Å². The first-order chi connectivity index (χ1) is 13.7. The number of nitrogens with zero attached hydrogens (tertiary/aromatic N) is 2. The molecule has 1 N–H and O–H groups in total. The molecule has 1 fully saturated rings. The Kier molecular flexibility index (Phi) is 6.59. The number of alkyl halides is 3. The summed E-state index contributed by atoms with van der Waals surface area (Å²) in [6.07, 6.45) is -4.54. The van der Waals surface area contributed by atoms with Crippen molar-refractivity contribution in [2.75, 3.05) is 38.0 Å². The molecule has 5 nitrogen and oxygen atoms in total. The molecule has 0 aliphatic carbocycles. The van der Waals surface area contributed by atoms with Crippen molar-refractivity contribution in [1.82, 2.24) is 9.80 Å². The van der Waals surface area contributed by atoms with Crippen LogP contribution in [-0.2, 0) is 11.0 Å². The molecule has 2 aromatic carbocycles. The molecule has 1 aliphatic heterocycles. The first-order valence-electron chi connectivity index (χ1n) is 8.97. The summed E-state index contributed by atoms with van der Waals surface area (Å²) >= 11 is 3.34. The Labute approximate surface area is 174 Å². The highest BCUT2D eigenvalue weighted by atomic mass is 79.9. The predicted molar refractivity (Wildman–Crippen MR) is 107 cm³/mol. The van der Waals surface area contributed by atoms with E-state index in [1.165, 1.54) is 18.2 Å². The molecule has 9 heteroatoms. The lowest BCUT2D eigenvalue weighted by Gasteiger charge is -2.34. The number of hydrogen-bond acceptors (Lipinski definition) is 3. The van der Waals surface area contributed by atoms with Crippen LogP contribution in [0.15, 0.2) is 53.0 Å². The Bertz CT molecular complexity index is 897. The fourth-order valence-electron chi connectivity index (χ4n) is 3.15. The van der Waals surface area contributed by atoms with E-state index >= 15 is 0 Å². The molecule has 0 atom stereocenters. The molecular formula is C20H19BrF3N3O2. The van der Waals surface area contributed by atoms with E-state index in [4.69, 9.17) is 0 Å². The molecule has 0 saturated carbocycles. The monoisotopic (exact) mass is 469 g/mol. The van der Waals surface area contributed by atoms with Gasteiger partial charge in [0.25, 0.3) is 5.91 Å². The summed E-state index contributed by atoms with van der Waals surface area (Å²) in [5.74, 6) is -0.608. The van der Waals surface area contributed by atoms with E-state index in [1.54, 1.807) is 23.1 Å². The zero-order valence-electron chi connectivity index (χ0n) is 15.4. The van der Waals surface area contributed by atoms with E-state index < -0.39 is 17.6 Å². The number of rotatable bonds is 4. The van der Waals surface area contributed by atoms with Gasteiger partial charge in [-0.25, -0.2) is 0 Å². The van der Waals surface area contributed by atoms with Gasteiger partial charge in [0.2, 0.25) is 5.91 Å². The van der Waals surface area contributed by atoms with Gasteiger partial charge in [0.15, 0.2) is 0 Å². The molecule has 154 valence electrons. The maximum absolute atomic E-state index is 13.0. The van der Waals surface area contributed by atoms with Crippen molar-refractivity contribution in [2.24, 2.45) is 0 Å². The number of anilines is 1. The van der Waals surface area contributed by atoms with Crippen LogP contribution in [0.3, 0.4) is 0 Å². The Hall–Kier alpha value is -2.39. The Balaban J connectivity index is 1.54. The van der Waals surface area contributed by atoms with Crippen LogP contribution in [0.5, 0.6) is 0 Å². The van der Waals surface area contributed by atoms with E-state index in [9.17, 15) is 22.8 Å². The molecule has 0 bridgehead atoms. The largest absolute Gasteiger partial charge is 0.418 e. The topological polar surface area (TPSA) is 52.7 Å². The van der Waals surface area contributed by atoms with Crippen molar-refractivity contribution in [2.45, 2.75) is 6.18 Å². The number of nitrogens with one attached hydrogen (secondary N) is 1. The van der Waals surface area contributed by atoms with Crippen LogP contribution in [0.2, 0.25) is 0 Å². The number of halogens is 4. The van der Waals surface area contributed by atoms with Gasteiger partial charge in [-0.15, -0.1) is 0 Å². The molecule has 0 unspecified atom stereocenters. The lowest BCUT2D eigenvalue weighted by Crippen LogP contribution is -2.50. The maximum Gasteiger partial charge on any atom is 0.418 e. The van der Waals surface area contributed by atoms with E-state index in [0.717, 1.165) is 10.5 Å². The average Bonchev–Trinajstić information content (AvgIpc) is 2.67. The van der Waals surface area contributed by atoms with E-state index in [0.29, 0.717) is 31.7 Å². The molecule has 1 heterocycles. The average molecular weight is 470 g/mol. The standard InChI is InChI=1S/C20H19BrF3N3O2/c21-15-5-3-4-14(12-15)19(29)27-10-8-26(9-11-27)13-18(28)25-17-7-2-1-6-16(17)20(22,23)24/h1-7,12H,8-11,13H2,(H,25,28). The zero-order chi connectivity index (χ0) is 21.0. The summed E-state index contributed by atoms with van der Waals surface area (Å²) in [4.78, 5) is 28.3. The normalized spacial score (nSPS) is 15.2. The van der Waals surface area contributed by atoms with E-state index in [2.05, 4.69) is 21.2 Å². The van der Waals surface area contributed by atoms with Crippen LogP contribution in [0.25, 0.3) is 0 Å². The van der Waals surface area contributed by atoms with Gasteiger partial charge in [0.1, 0.15) is 0 Å². The lowest BCUT2D eigenvalue weighted by molar-refractivity contribution is -0.137. The fraction of sp³-hybridized carbons (Fsp3) is 0.300. The van der Waals surface area contributed by atoms with E-state index in [-0.39, 0.29) is 18.1 Å². The van der Waals surface area contributed by atoms with Crippen molar-refractivity contribution in [3.8, 4) is 0 Å². The van der Waals surface area contributed by atoms with Crippen LogP contribution in [0, 0.1) is 0 Å². The predicted octanol–water partition coefficient (Wildman–Crippen LogP) is 3.86. The molecule has 2 aromatic rings.